The fraction of sp³-hybridized carbons (Fsp3) is 0.600. The van der Waals surface area contributed by atoms with Gasteiger partial charge in [-0.25, -0.2) is 0 Å². The summed E-state index contributed by atoms with van der Waals surface area (Å²) in [6.45, 7) is 1.51. The zero-order valence-corrected chi connectivity index (χ0v) is 9.42. The molecule has 0 radical (unpaired) electrons. The van der Waals surface area contributed by atoms with Gasteiger partial charge in [-0.05, 0) is 40.9 Å². The van der Waals surface area contributed by atoms with E-state index in [1.54, 1.807) is 0 Å². The molecule has 0 saturated carbocycles. The predicted octanol–water partition coefficient (Wildman–Crippen LogP) is 2.08. The first-order valence-electron chi connectivity index (χ1n) is 4.71. The van der Waals surface area contributed by atoms with Crippen LogP contribution in [-0.4, -0.2) is 24.9 Å². The molecule has 4 heteroatoms. The van der Waals surface area contributed by atoms with E-state index in [0.717, 1.165) is 18.6 Å². The average molecular weight is 261 g/mol. The molecule has 1 aromatic heterocycles. The van der Waals surface area contributed by atoms with E-state index in [9.17, 15) is 5.11 Å². The van der Waals surface area contributed by atoms with Crippen molar-refractivity contribution >= 4 is 15.9 Å². The van der Waals surface area contributed by atoms with Crippen molar-refractivity contribution in [3.63, 3.8) is 0 Å². The summed E-state index contributed by atoms with van der Waals surface area (Å²) in [5.74, 6) is 0.857. The van der Waals surface area contributed by atoms with Crippen molar-refractivity contribution in [1.82, 2.24) is 0 Å². The Morgan fingerprint density at radius 3 is 2.57 bits per heavy atom. The highest BCUT2D eigenvalue weighted by Gasteiger charge is 2.36. The molecule has 2 heterocycles. The van der Waals surface area contributed by atoms with Crippen molar-refractivity contribution in [2.75, 3.05) is 19.8 Å². The number of rotatable bonds is 2. The molecule has 14 heavy (non-hydrogen) atoms. The Morgan fingerprint density at radius 1 is 1.36 bits per heavy atom. The van der Waals surface area contributed by atoms with Crippen molar-refractivity contribution < 1.29 is 14.3 Å². The molecule has 1 aliphatic rings. The van der Waals surface area contributed by atoms with Crippen molar-refractivity contribution in [2.24, 2.45) is 0 Å². The Bertz CT molecular complexity index is 302. The molecule has 0 bridgehead atoms. The summed E-state index contributed by atoms with van der Waals surface area (Å²) >= 11 is 3.27. The summed E-state index contributed by atoms with van der Waals surface area (Å²) in [7, 11) is 0. The smallest absolute Gasteiger partial charge is 0.169 e. The molecule has 0 atom stereocenters. The van der Waals surface area contributed by atoms with Crippen LogP contribution in [0.4, 0.5) is 0 Å². The molecule has 78 valence electrons. The molecule has 1 N–H and O–H groups in total. The van der Waals surface area contributed by atoms with Gasteiger partial charge in [0.05, 0.1) is 12.0 Å². The van der Waals surface area contributed by atoms with Gasteiger partial charge < -0.3 is 14.3 Å². The fourth-order valence-corrected chi connectivity index (χ4v) is 2.15. The van der Waals surface area contributed by atoms with E-state index >= 15 is 0 Å². The largest absolute Gasteiger partial charge is 0.454 e. The third-order valence-corrected chi connectivity index (χ3v) is 3.27. The topological polar surface area (TPSA) is 42.6 Å². The maximum absolute atomic E-state index is 9.47. The maximum Gasteiger partial charge on any atom is 0.169 e. The fourth-order valence-electron chi connectivity index (χ4n) is 1.84. The van der Waals surface area contributed by atoms with E-state index in [-0.39, 0.29) is 12.0 Å². The van der Waals surface area contributed by atoms with Crippen LogP contribution in [0.25, 0.3) is 0 Å². The van der Waals surface area contributed by atoms with Crippen LogP contribution in [0.3, 0.4) is 0 Å². The summed E-state index contributed by atoms with van der Waals surface area (Å²) in [6.07, 6.45) is 1.65. The van der Waals surface area contributed by atoms with Crippen LogP contribution in [0.1, 0.15) is 18.6 Å². The second kappa shape index (κ2) is 4.04. The van der Waals surface area contributed by atoms with E-state index in [1.165, 1.54) is 0 Å². The molecule has 1 fully saturated rings. The van der Waals surface area contributed by atoms with Crippen molar-refractivity contribution in [1.29, 1.82) is 0 Å². The van der Waals surface area contributed by atoms with Crippen LogP contribution in [-0.2, 0) is 10.2 Å². The maximum atomic E-state index is 9.47. The lowest BCUT2D eigenvalue weighted by Crippen LogP contribution is -2.36. The van der Waals surface area contributed by atoms with Crippen molar-refractivity contribution in [2.45, 2.75) is 18.3 Å². The van der Waals surface area contributed by atoms with Crippen molar-refractivity contribution in [3.8, 4) is 0 Å². The lowest BCUT2D eigenvalue weighted by molar-refractivity contribution is 0.0160. The van der Waals surface area contributed by atoms with Crippen LogP contribution in [0.5, 0.6) is 0 Å². The summed E-state index contributed by atoms with van der Waals surface area (Å²) < 4.78 is 11.5. The number of ether oxygens (including phenoxy) is 1. The van der Waals surface area contributed by atoms with Gasteiger partial charge in [0.2, 0.25) is 0 Å². The average Bonchev–Trinajstić information content (AvgIpc) is 2.66. The highest BCUT2D eigenvalue weighted by Crippen LogP contribution is 2.36. The first kappa shape index (κ1) is 10.2. The Morgan fingerprint density at radius 2 is 2.07 bits per heavy atom. The third kappa shape index (κ3) is 1.74. The number of aliphatic hydroxyl groups is 1. The normalized spacial score (nSPS) is 21.0. The standard InChI is InChI=1S/C10H13BrO3/c11-9-2-1-8(14-9)10(7-12)3-5-13-6-4-10/h1-2,12H,3-7H2. The molecule has 0 spiro atoms. The predicted molar refractivity (Wildman–Crippen MR) is 55.2 cm³/mol. The van der Waals surface area contributed by atoms with E-state index in [4.69, 9.17) is 9.15 Å². The molecule has 1 saturated heterocycles. The Balaban J connectivity index is 2.26. The minimum absolute atomic E-state index is 0.121. The van der Waals surface area contributed by atoms with Gasteiger partial charge >= 0.3 is 0 Å². The number of furan rings is 1. The number of hydrogen-bond donors (Lipinski definition) is 1. The summed E-state index contributed by atoms with van der Waals surface area (Å²) in [4.78, 5) is 0. The lowest BCUT2D eigenvalue weighted by atomic mass is 9.79. The minimum Gasteiger partial charge on any atom is -0.454 e. The minimum atomic E-state index is -0.232. The number of aliphatic hydroxyl groups excluding tert-OH is 1. The molecular weight excluding hydrogens is 248 g/mol. The first-order valence-corrected chi connectivity index (χ1v) is 5.51. The first-order chi connectivity index (χ1) is 6.77. The monoisotopic (exact) mass is 260 g/mol. The Labute approximate surface area is 91.2 Å². The van der Waals surface area contributed by atoms with Crippen molar-refractivity contribution in [3.05, 3.63) is 22.6 Å². The molecule has 0 aromatic carbocycles. The molecule has 3 nitrogen and oxygen atoms in total. The highest BCUT2D eigenvalue weighted by molar-refractivity contribution is 9.10. The van der Waals surface area contributed by atoms with E-state index in [1.807, 2.05) is 12.1 Å². The quantitative estimate of drug-likeness (QED) is 0.886. The molecule has 2 rings (SSSR count). The van der Waals surface area contributed by atoms with Gasteiger partial charge in [-0.1, -0.05) is 0 Å². The van der Waals surface area contributed by atoms with Crippen LogP contribution in [0.15, 0.2) is 21.2 Å². The lowest BCUT2D eigenvalue weighted by Gasteiger charge is -2.33. The second-order valence-corrected chi connectivity index (χ2v) is 4.44. The SMILES string of the molecule is OCC1(c2ccc(Br)o2)CCOCC1. The Kier molecular flexibility index (Phi) is 2.95. The van der Waals surface area contributed by atoms with E-state index < -0.39 is 0 Å². The van der Waals surface area contributed by atoms with Crippen LogP contribution in [0, 0.1) is 0 Å². The van der Waals surface area contributed by atoms with Gasteiger partial charge in [0.15, 0.2) is 4.67 Å². The number of hydrogen-bond acceptors (Lipinski definition) is 3. The number of halogens is 1. The molecule has 0 aliphatic carbocycles. The van der Waals surface area contributed by atoms with E-state index in [0.29, 0.717) is 17.9 Å². The van der Waals surface area contributed by atoms with Crippen LogP contribution in [0.2, 0.25) is 0 Å². The zero-order chi connectivity index (χ0) is 10.0. The molecule has 1 aliphatic heterocycles. The highest BCUT2D eigenvalue weighted by atomic mass is 79.9. The Hall–Kier alpha value is -0.320. The van der Waals surface area contributed by atoms with Gasteiger partial charge in [0.1, 0.15) is 5.76 Å². The van der Waals surface area contributed by atoms with Gasteiger partial charge in [0, 0.05) is 13.2 Å². The molecule has 0 amide bonds. The summed E-state index contributed by atoms with van der Waals surface area (Å²) in [5.41, 5.74) is -0.232. The summed E-state index contributed by atoms with van der Waals surface area (Å²) in [6, 6.07) is 3.79. The molecular formula is C10H13BrO3. The van der Waals surface area contributed by atoms with Crippen LogP contribution >= 0.6 is 15.9 Å². The second-order valence-electron chi connectivity index (χ2n) is 3.65. The molecule has 1 aromatic rings. The van der Waals surface area contributed by atoms with E-state index in [2.05, 4.69) is 15.9 Å². The van der Waals surface area contributed by atoms with Gasteiger partial charge in [-0.3, -0.25) is 0 Å². The van der Waals surface area contributed by atoms with Crippen LogP contribution < -0.4 is 0 Å². The third-order valence-electron chi connectivity index (χ3n) is 2.85. The summed E-state index contributed by atoms with van der Waals surface area (Å²) in [5, 5.41) is 9.47. The molecule has 0 unspecified atom stereocenters. The zero-order valence-electron chi connectivity index (χ0n) is 7.83. The van der Waals surface area contributed by atoms with Gasteiger partial charge in [0.25, 0.3) is 0 Å². The van der Waals surface area contributed by atoms with Gasteiger partial charge in [-0.2, -0.15) is 0 Å². The van der Waals surface area contributed by atoms with Gasteiger partial charge in [-0.15, -0.1) is 0 Å².